The minimum atomic E-state index is -0.0232. The third kappa shape index (κ3) is 3.62. The van der Waals surface area contributed by atoms with Gasteiger partial charge in [0, 0.05) is 43.1 Å². The molecule has 2 heterocycles. The number of hydrogen-bond donors (Lipinski definition) is 0. The minimum absolute atomic E-state index is 0.0232. The lowest BCUT2D eigenvalue weighted by atomic mass is 10.2. The number of carbonyl (C=O) groups excluding carboxylic acids is 1. The summed E-state index contributed by atoms with van der Waals surface area (Å²) in [5, 5.41) is 1.74. The molecule has 134 valence electrons. The van der Waals surface area contributed by atoms with Crippen molar-refractivity contribution >= 4 is 28.5 Å². The average molecular weight is 369 g/mol. The van der Waals surface area contributed by atoms with E-state index in [1.165, 1.54) is 5.56 Å². The van der Waals surface area contributed by atoms with Gasteiger partial charge in [-0.05, 0) is 42.8 Å². The number of benzene rings is 2. The van der Waals surface area contributed by atoms with Crippen LogP contribution in [0.2, 0.25) is 5.02 Å². The zero-order chi connectivity index (χ0) is 18.1. The SMILES string of the molecule is Cc1ccc2oc(C(=O)N3CCN(Cc4ccc(Cl)cc4)CC3)cc2c1. The number of furan rings is 1. The summed E-state index contributed by atoms with van der Waals surface area (Å²) in [6.45, 7) is 6.04. The Morgan fingerprint density at radius 3 is 2.50 bits per heavy atom. The van der Waals surface area contributed by atoms with Gasteiger partial charge in [0.2, 0.25) is 0 Å². The molecule has 1 aliphatic heterocycles. The summed E-state index contributed by atoms with van der Waals surface area (Å²) in [4.78, 5) is 17.0. The maximum Gasteiger partial charge on any atom is 0.289 e. The first kappa shape index (κ1) is 17.1. The van der Waals surface area contributed by atoms with Gasteiger partial charge in [0.25, 0.3) is 5.91 Å². The Morgan fingerprint density at radius 1 is 1.04 bits per heavy atom. The zero-order valence-corrected chi connectivity index (χ0v) is 15.5. The highest BCUT2D eigenvalue weighted by Crippen LogP contribution is 2.22. The molecule has 0 spiro atoms. The van der Waals surface area contributed by atoms with E-state index >= 15 is 0 Å². The number of halogens is 1. The van der Waals surface area contributed by atoms with Crippen LogP contribution in [-0.2, 0) is 6.54 Å². The molecule has 3 aromatic rings. The highest BCUT2D eigenvalue weighted by molar-refractivity contribution is 6.30. The first-order valence-corrected chi connectivity index (χ1v) is 9.22. The van der Waals surface area contributed by atoms with Gasteiger partial charge in [0.1, 0.15) is 5.58 Å². The van der Waals surface area contributed by atoms with Crippen LogP contribution >= 0.6 is 11.6 Å². The Hall–Kier alpha value is -2.30. The molecule has 1 aliphatic rings. The van der Waals surface area contributed by atoms with E-state index in [-0.39, 0.29) is 5.91 Å². The second kappa shape index (κ2) is 7.14. The third-order valence-electron chi connectivity index (χ3n) is 4.86. The van der Waals surface area contributed by atoms with Gasteiger partial charge >= 0.3 is 0 Å². The Kier molecular flexibility index (Phi) is 4.70. The molecular weight excluding hydrogens is 348 g/mol. The van der Waals surface area contributed by atoms with Crippen LogP contribution in [0.5, 0.6) is 0 Å². The number of piperazine rings is 1. The Labute approximate surface area is 157 Å². The molecule has 4 nitrogen and oxygen atoms in total. The molecule has 1 fully saturated rings. The van der Waals surface area contributed by atoms with Crippen molar-refractivity contribution in [2.45, 2.75) is 13.5 Å². The molecule has 0 saturated carbocycles. The molecule has 4 rings (SSSR count). The van der Waals surface area contributed by atoms with Gasteiger partial charge in [-0.2, -0.15) is 0 Å². The molecule has 0 radical (unpaired) electrons. The van der Waals surface area contributed by atoms with Gasteiger partial charge in [0.15, 0.2) is 5.76 Å². The molecule has 26 heavy (non-hydrogen) atoms. The normalized spacial score (nSPS) is 15.5. The minimum Gasteiger partial charge on any atom is -0.451 e. The van der Waals surface area contributed by atoms with Gasteiger partial charge in [-0.1, -0.05) is 35.4 Å². The van der Waals surface area contributed by atoms with Crippen LogP contribution in [0, 0.1) is 6.92 Å². The van der Waals surface area contributed by atoms with E-state index in [2.05, 4.69) is 17.0 Å². The first-order valence-electron chi connectivity index (χ1n) is 8.85. The fraction of sp³-hybridized carbons (Fsp3) is 0.286. The number of aryl methyl sites for hydroxylation is 1. The van der Waals surface area contributed by atoms with Crippen molar-refractivity contribution < 1.29 is 9.21 Å². The van der Waals surface area contributed by atoms with Crippen LogP contribution in [0.15, 0.2) is 52.9 Å². The average Bonchev–Trinajstić information content (AvgIpc) is 3.07. The maximum atomic E-state index is 12.8. The first-order chi connectivity index (χ1) is 12.6. The summed E-state index contributed by atoms with van der Waals surface area (Å²) >= 11 is 5.94. The monoisotopic (exact) mass is 368 g/mol. The van der Waals surface area contributed by atoms with Crippen molar-refractivity contribution in [1.82, 2.24) is 9.80 Å². The second-order valence-corrected chi connectivity index (χ2v) is 7.28. The maximum absolute atomic E-state index is 12.8. The Morgan fingerprint density at radius 2 is 1.77 bits per heavy atom. The molecular formula is C21H21ClN2O2. The number of fused-ring (bicyclic) bond motifs is 1. The number of amides is 1. The molecule has 1 saturated heterocycles. The lowest BCUT2D eigenvalue weighted by Crippen LogP contribution is -2.48. The highest BCUT2D eigenvalue weighted by atomic mass is 35.5. The van der Waals surface area contributed by atoms with E-state index in [1.54, 1.807) is 0 Å². The van der Waals surface area contributed by atoms with Crippen molar-refractivity contribution in [2.24, 2.45) is 0 Å². The number of nitrogens with zero attached hydrogens (tertiary/aromatic N) is 2. The third-order valence-corrected chi connectivity index (χ3v) is 5.11. The molecule has 0 atom stereocenters. The molecule has 0 aliphatic carbocycles. The molecule has 0 bridgehead atoms. The van der Waals surface area contributed by atoms with Crippen molar-refractivity contribution in [3.8, 4) is 0 Å². The number of carbonyl (C=O) groups is 1. The summed E-state index contributed by atoms with van der Waals surface area (Å²) in [6, 6.07) is 15.7. The van der Waals surface area contributed by atoms with E-state index in [9.17, 15) is 4.79 Å². The fourth-order valence-corrected chi connectivity index (χ4v) is 3.51. The van der Waals surface area contributed by atoms with Gasteiger partial charge in [-0.15, -0.1) is 0 Å². The van der Waals surface area contributed by atoms with Crippen LogP contribution < -0.4 is 0 Å². The standard InChI is InChI=1S/C21H21ClN2O2/c1-15-2-7-19-17(12-15)13-20(26-19)21(25)24-10-8-23(9-11-24)14-16-3-5-18(22)6-4-16/h2-7,12-13H,8-11,14H2,1H3. The van der Waals surface area contributed by atoms with Gasteiger partial charge < -0.3 is 9.32 Å². The molecule has 0 N–H and O–H groups in total. The van der Waals surface area contributed by atoms with Crippen LogP contribution in [-0.4, -0.2) is 41.9 Å². The summed E-state index contributed by atoms with van der Waals surface area (Å²) in [6.07, 6.45) is 0. The number of rotatable bonds is 3. The van der Waals surface area contributed by atoms with Crippen LogP contribution in [0.3, 0.4) is 0 Å². The van der Waals surface area contributed by atoms with Crippen molar-refractivity contribution in [1.29, 1.82) is 0 Å². The Bertz CT molecular complexity index is 925. The fourth-order valence-electron chi connectivity index (χ4n) is 3.38. The smallest absolute Gasteiger partial charge is 0.289 e. The molecule has 1 aromatic heterocycles. The molecule has 1 amide bonds. The van der Waals surface area contributed by atoms with E-state index in [4.69, 9.17) is 16.0 Å². The highest BCUT2D eigenvalue weighted by Gasteiger charge is 2.24. The van der Waals surface area contributed by atoms with Crippen LogP contribution in [0.4, 0.5) is 0 Å². The largest absolute Gasteiger partial charge is 0.451 e. The summed E-state index contributed by atoms with van der Waals surface area (Å²) in [5.41, 5.74) is 3.16. The topological polar surface area (TPSA) is 36.7 Å². The van der Waals surface area contributed by atoms with E-state index < -0.39 is 0 Å². The van der Waals surface area contributed by atoms with Crippen molar-refractivity contribution in [3.05, 3.63) is 70.4 Å². The number of hydrogen-bond acceptors (Lipinski definition) is 3. The van der Waals surface area contributed by atoms with Gasteiger partial charge in [-0.25, -0.2) is 0 Å². The lowest BCUT2D eigenvalue weighted by molar-refractivity contribution is 0.0600. The quantitative estimate of drug-likeness (QED) is 0.689. The lowest BCUT2D eigenvalue weighted by Gasteiger charge is -2.34. The summed E-state index contributed by atoms with van der Waals surface area (Å²) in [5.74, 6) is 0.404. The van der Waals surface area contributed by atoms with Gasteiger partial charge in [0.05, 0.1) is 0 Å². The van der Waals surface area contributed by atoms with E-state index in [1.807, 2.05) is 48.2 Å². The predicted molar refractivity (Wildman–Crippen MR) is 104 cm³/mol. The Balaban J connectivity index is 1.38. The van der Waals surface area contributed by atoms with Crippen LogP contribution in [0.25, 0.3) is 11.0 Å². The molecule has 0 unspecified atom stereocenters. The zero-order valence-electron chi connectivity index (χ0n) is 14.7. The van der Waals surface area contributed by atoms with Crippen molar-refractivity contribution in [2.75, 3.05) is 26.2 Å². The molecule has 5 heteroatoms. The predicted octanol–water partition coefficient (Wildman–Crippen LogP) is 4.35. The van der Waals surface area contributed by atoms with Crippen LogP contribution in [0.1, 0.15) is 21.7 Å². The van der Waals surface area contributed by atoms with Gasteiger partial charge in [-0.3, -0.25) is 9.69 Å². The van der Waals surface area contributed by atoms with Crippen molar-refractivity contribution in [3.63, 3.8) is 0 Å². The van der Waals surface area contributed by atoms with E-state index in [0.29, 0.717) is 18.8 Å². The molecule has 2 aromatic carbocycles. The second-order valence-electron chi connectivity index (χ2n) is 6.85. The summed E-state index contributed by atoms with van der Waals surface area (Å²) < 4.78 is 5.75. The summed E-state index contributed by atoms with van der Waals surface area (Å²) in [7, 11) is 0. The van der Waals surface area contributed by atoms with E-state index in [0.717, 1.165) is 41.2 Å².